The van der Waals surface area contributed by atoms with Crippen LogP contribution >= 0.6 is 11.8 Å². The number of hydrogen-bond donors (Lipinski definition) is 3. The molecule has 2 rings (SSSR count). The highest BCUT2D eigenvalue weighted by Crippen LogP contribution is 2.27. The van der Waals surface area contributed by atoms with Gasteiger partial charge in [0, 0.05) is 5.56 Å². The number of ether oxygens (including phenoxy) is 2. The van der Waals surface area contributed by atoms with E-state index < -0.39 is 5.91 Å². The van der Waals surface area contributed by atoms with Gasteiger partial charge in [-0.25, -0.2) is 4.98 Å². The number of carbonyl (C=O) groups is 2. The van der Waals surface area contributed by atoms with Gasteiger partial charge in [-0.05, 0) is 18.2 Å². The maximum Gasteiger partial charge on any atom is 0.269 e. The van der Waals surface area contributed by atoms with E-state index in [4.69, 9.17) is 9.47 Å². The van der Waals surface area contributed by atoms with Crippen molar-refractivity contribution in [2.75, 3.05) is 20.0 Å². The first-order valence-electron chi connectivity index (χ1n) is 6.43. The van der Waals surface area contributed by atoms with Crippen LogP contribution in [0.3, 0.4) is 0 Å². The van der Waals surface area contributed by atoms with Gasteiger partial charge in [-0.15, -0.1) is 0 Å². The molecule has 23 heavy (non-hydrogen) atoms. The molecule has 2 aromatic rings. The van der Waals surface area contributed by atoms with Crippen molar-refractivity contribution in [3.05, 3.63) is 30.1 Å². The van der Waals surface area contributed by atoms with Gasteiger partial charge in [0.2, 0.25) is 5.91 Å². The average molecular weight is 337 g/mol. The SMILES string of the molecule is COc1ccc(C(=O)NNC(=O)CSc2ncn[nH]2)cc1OC. The summed E-state index contributed by atoms with van der Waals surface area (Å²) < 4.78 is 10.2. The molecule has 1 aromatic heterocycles. The predicted octanol–water partition coefficient (Wildman–Crippen LogP) is 0.375. The van der Waals surface area contributed by atoms with Crippen LogP contribution in [0.15, 0.2) is 29.7 Å². The van der Waals surface area contributed by atoms with Crippen LogP contribution in [0, 0.1) is 0 Å². The number of H-pyrrole nitrogens is 1. The number of thioether (sulfide) groups is 1. The molecule has 1 heterocycles. The number of aromatic nitrogens is 3. The number of hydrogen-bond acceptors (Lipinski definition) is 7. The van der Waals surface area contributed by atoms with Crippen molar-refractivity contribution in [3.8, 4) is 11.5 Å². The third-order valence-electron chi connectivity index (χ3n) is 2.69. The molecule has 3 N–H and O–H groups in total. The van der Waals surface area contributed by atoms with E-state index in [1.807, 2.05) is 0 Å². The minimum atomic E-state index is -0.469. The number of nitrogens with zero attached hydrogens (tertiary/aromatic N) is 2. The maximum atomic E-state index is 12.0. The number of benzene rings is 1. The van der Waals surface area contributed by atoms with Crippen molar-refractivity contribution in [1.29, 1.82) is 0 Å². The third kappa shape index (κ3) is 4.61. The van der Waals surface area contributed by atoms with Crippen LogP contribution < -0.4 is 20.3 Å². The van der Waals surface area contributed by atoms with Gasteiger partial charge in [0.25, 0.3) is 5.91 Å². The van der Waals surface area contributed by atoms with E-state index in [-0.39, 0.29) is 11.7 Å². The van der Waals surface area contributed by atoms with Crippen LogP contribution in [-0.4, -0.2) is 47.0 Å². The summed E-state index contributed by atoms with van der Waals surface area (Å²) in [5, 5.41) is 6.80. The Morgan fingerprint density at radius 2 is 2.00 bits per heavy atom. The van der Waals surface area contributed by atoms with Gasteiger partial charge < -0.3 is 9.47 Å². The van der Waals surface area contributed by atoms with E-state index >= 15 is 0 Å². The predicted molar refractivity (Wildman–Crippen MR) is 82.3 cm³/mol. The fourth-order valence-corrected chi connectivity index (χ4v) is 2.19. The maximum absolute atomic E-state index is 12.0. The number of nitrogens with one attached hydrogen (secondary N) is 3. The molecule has 0 fully saturated rings. The van der Waals surface area contributed by atoms with E-state index in [1.165, 1.54) is 26.6 Å². The number of amides is 2. The zero-order valence-corrected chi connectivity index (χ0v) is 13.3. The molecule has 0 aliphatic heterocycles. The zero-order valence-electron chi connectivity index (χ0n) is 12.5. The van der Waals surface area contributed by atoms with Crippen LogP contribution in [0.5, 0.6) is 11.5 Å². The van der Waals surface area contributed by atoms with Gasteiger partial charge >= 0.3 is 0 Å². The molecule has 0 aliphatic carbocycles. The van der Waals surface area contributed by atoms with Gasteiger partial charge in [-0.1, -0.05) is 11.8 Å². The molecular formula is C13H15N5O4S. The molecule has 0 spiro atoms. The van der Waals surface area contributed by atoms with Crippen LogP contribution in [0.4, 0.5) is 0 Å². The summed E-state index contributed by atoms with van der Waals surface area (Å²) in [6.07, 6.45) is 1.35. The van der Waals surface area contributed by atoms with Crippen molar-refractivity contribution in [3.63, 3.8) is 0 Å². The third-order valence-corrected chi connectivity index (χ3v) is 3.57. The minimum Gasteiger partial charge on any atom is -0.493 e. The molecule has 2 amide bonds. The van der Waals surface area contributed by atoms with Crippen molar-refractivity contribution in [2.24, 2.45) is 0 Å². The van der Waals surface area contributed by atoms with E-state index in [2.05, 4.69) is 26.0 Å². The first kappa shape index (κ1) is 16.6. The fourth-order valence-electron chi connectivity index (χ4n) is 1.61. The lowest BCUT2D eigenvalue weighted by Gasteiger charge is -2.10. The van der Waals surface area contributed by atoms with E-state index in [9.17, 15) is 9.59 Å². The quantitative estimate of drug-likeness (QED) is 0.515. The Bertz CT molecular complexity index is 677. The number of carbonyl (C=O) groups excluding carboxylic acids is 2. The number of aromatic amines is 1. The Morgan fingerprint density at radius 1 is 1.22 bits per heavy atom. The van der Waals surface area contributed by atoms with Crippen molar-refractivity contribution in [1.82, 2.24) is 26.0 Å². The van der Waals surface area contributed by atoms with Gasteiger partial charge in [-0.3, -0.25) is 25.5 Å². The van der Waals surface area contributed by atoms with E-state index in [0.29, 0.717) is 22.2 Å². The summed E-state index contributed by atoms with van der Waals surface area (Å²) in [5.74, 6) is 0.176. The molecule has 0 unspecified atom stereocenters. The molecule has 0 bridgehead atoms. The van der Waals surface area contributed by atoms with Gasteiger partial charge in [-0.2, -0.15) is 5.10 Å². The van der Waals surface area contributed by atoms with Crippen LogP contribution in [0.25, 0.3) is 0 Å². The van der Waals surface area contributed by atoms with Gasteiger partial charge in [0.15, 0.2) is 16.7 Å². The molecule has 122 valence electrons. The number of rotatable bonds is 6. The Kier molecular flexibility index (Phi) is 5.80. The van der Waals surface area contributed by atoms with E-state index in [1.54, 1.807) is 12.1 Å². The second kappa shape index (κ2) is 8.03. The Hall–Kier alpha value is -2.75. The molecule has 10 heteroatoms. The Morgan fingerprint density at radius 3 is 2.65 bits per heavy atom. The molecule has 9 nitrogen and oxygen atoms in total. The largest absolute Gasteiger partial charge is 0.493 e. The molecular weight excluding hydrogens is 322 g/mol. The lowest BCUT2D eigenvalue weighted by molar-refractivity contribution is -0.119. The van der Waals surface area contributed by atoms with Crippen molar-refractivity contribution < 1.29 is 19.1 Å². The summed E-state index contributed by atoms with van der Waals surface area (Å²) in [6, 6.07) is 4.69. The molecule has 0 aliphatic rings. The number of methoxy groups -OCH3 is 2. The molecule has 0 saturated carbocycles. The second-order valence-corrected chi connectivity index (χ2v) is 5.12. The topological polar surface area (TPSA) is 118 Å². The highest BCUT2D eigenvalue weighted by atomic mass is 32.2. The Balaban J connectivity index is 1.85. The minimum absolute atomic E-state index is 0.0847. The summed E-state index contributed by atoms with van der Waals surface area (Å²) in [5.41, 5.74) is 4.96. The van der Waals surface area contributed by atoms with Crippen LogP contribution in [0.1, 0.15) is 10.4 Å². The first-order chi connectivity index (χ1) is 11.1. The van der Waals surface area contributed by atoms with Crippen LogP contribution in [-0.2, 0) is 4.79 Å². The standard InChI is InChI=1S/C13H15N5O4S/c1-21-9-4-3-8(5-10(9)22-2)12(20)17-16-11(19)6-23-13-14-7-15-18-13/h3-5,7H,6H2,1-2H3,(H,16,19)(H,17,20)(H,14,15,18). The summed E-state index contributed by atoms with van der Waals surface area (Å²) >= 11 is 1.16. The van der Waals surface area contributed by atoms with E-state index in [0.717, 1.165) is 11.8 Å². The van der Waals surface area contributed by atoms with Crippen molar-refractivity contribution >= 4 is 23.6 Å². The number of hydrazine groups is 1. The molecule has 0 saturated heterocycles. The summed E-state index contributed by atoms with van der Waals surface area (Å²) in [7, 11) is 2.98. The molecule has 0 atom stereocenters. The molecule has 1 aromatic carbocycles. The van der Waals surface area contributed by atoms with Gasteiger partial charge in [0.05, 0.1) is 20.0 Å². The normalized spacial score (nSPS) is 10.0. The highest BCUT2D eigenvalue weighted by molar-refractivity contribution is 7.99. The van der Waals surface area contributed by atoms with Crippen LogP contribution in [0.2, 0.25) is 0 Å². The van der Waals surface area contributed by atoms with Gasteiger partial charge in [0.1, 0.15) is 6.33 Å². The lowest BCUT2D eigenvalue weighted by Crippen LogP contribution is -2.42. The Labute approximate surface area is 136 Å². The monoisotopic (exact) mass is 337 g/mol. The summed E-state index contributed by atoms with van der Waals surface area (Å²) in [4.78, 5) is 27.5. The zero-order chi connectivity index (χ0) is 16.7. The van der Waals surface area contributed by atoms with Crippen molar-refractivity contribution in [2.45, 2.75) is 5.16 Å². The summed E-state index contributed by atoms with van der Waals surface area (Å²) in [6.45, 7) is 0. The lowest BCUT2D eigenvalue weighted by atomic mass is 10.2. The fraction of sp³-hybridized carbons (Fsp3) is 0.231. The smallest absolute Gasteiger partial charge is 0.269 e. The second-order valence-electron chi connectivity index (χ2n) is 4.15. The highest BCUT2D eigenvalue weighted by Gasteiger charge is 2.12. The first-order valence-corrected chi connectivity index (χ1v) is 7.42. The average Bonchev–Trinajstić information content (AvgIpc) is 3.10. The molecule has 0 radical (unpaired) electrons.